The molecule has 0 aliphatic rings. The molecule has 1 amide bonds. The highest BCUT2D eigenvalue weighted by Gasteiger charge is 2.22. The van der Waals surface area contributed by atoms with Gasteiger partial charge in [-0.15, -0.1) is 17.9 Å². The third-order valence-electron chi connectivity index (χ3n) is 3.57. The number of carbonyl (C=O) groups is 1. The third kappa shape index (κ3) is 3.67. The summed E-state index contributed by atoms with van der Waals surface area (Å²) in [6.45, 7) is 11.2. The van der Waals surface area contributed by atoms with E-state index >= 15 is 0 Å². The maximum absolute atomic E-state index is 12.6. The van der Waals surface area contributed by atoms with Gasteiger partial charge >= 0.3 is 0 Å². The van der Waals surface area contributed by atoms with Crippen LogP contribution in [0.1, 0.15) is 20.8 Å². The van der Waals surface area contributed by atoms with Gasteiger partial charge in [-0.1, -0.05) is 17.8 Å². The van der Waals surface area contributed by atoms with Crippen molar-refractivity contribution in [3.8, 4) is 0 Å². The van der Waals surface area contributed by atoms with Crippen molar-refractivity contribution in [2.45, 2.75) is 37.7 Å². The largest absolute Gasteiger partial charge is 0.342 e. The van der Waals surface area contributed by atoms with Gasteiger partial charge in [0.05, 0.1) is 10.6 Å². The van der Waals surface area contributed by atoms with Gasteiger partial charge in [0.25, 0.3) is 5.56 Å². The molecule has 5 nitrogen and oxygen atoms in total. The van der Waals surface area contributed by atoms with E-state index < -0.39 is 0 Å². The van der Waals surface area contributed by atoms with Crippen LogP contribution in [0.4, 0.5) is 0 Å². The molecule has 2 aromatic rings. The van der Waals surface area contributed by atoms with Gasteiger partial charge in [-0.05, 0) is 32.2 Å². The molecule has 1 atom stereocenters. The van der Waals surface area contributed by atoms with Gasteiger partial charge in [0, 0.05) is 19.6 Å². The van der Waals surface area contributed by atoms with E-state index in [0.717, 1.165) is 0 Å². The van der Waals surface area contributed by atoms with E-state index in [1.165, 1.54) is 23.1 Å². The zero-order valence-corrected chi connectivity index (χ0v) is 15.2. The minimum absolute atomic E-state index is 0.0608. The summed E-state index contributed by atoms with van der Waals surface area (Å²) in [5.74, 6) is 0.0608. The maximum Gasteiger partial charge on any atom is 0.263 e. The van der Waals surface area contributed by atoms with Crippen LogP contribution in [0.15, 0.2) is 34.1 Å². The number of hydrogen-bond donors (Lipinski definition) is 0. The van der Waals surface area contributed by atoms with Gasteiger partial charge in [0.15, 0.2) is 5.16 Å². The predicted molar refractivity (Wildman–Crippen MR) is 97.3 cm³/mol. The first kappa shape index (κ1) is 17.7. The van der Waals surface area contributed by atoms with Crippen molar-refractivity contribution in [2.24, 2.45) is 0 Å². The van der Waals surface area contributed by atoms with Crippen molar-refractivity contribution in [1.29, 1.82) is 0 Å². The first-order valence-electron chi connectivity index (χ1n) is 7.57. The van der Waals surface area contributed by atoms with Gasteiger partial charge in [-0.2, -0.15) is 0 Å². The number of amides is 1. The summed E-state index contributed by atoms with van der Waals surface area (Å²) >= 11 is 2.76. The summed E-state index contributed by atoms with van der Waals surface area (Å²) in [5, 5.41) is 2.74. The van der Waals surface area contributed by atoms with Gasteiger partial charge in [0.2, 0.25) is 5.91 Å². The van der Waals surface area contributed by atoms with Crippen molar-refractivity contribution in [3.05, 3.63) is 34.5 Å². The second-order valence-corrected chi connectivity index (χ2v) is 7.21. The Labute approximate surface area is 144 Å². The van der Waals surface area contributed by atoms with Gasteiger partial charge in [-0.25, -0.2) is 4.98 Å². The second-order valence-electron chi connectivity index (χ2n) is 5.01. The van der Waals surface area contributed by atoms with Crippen LogP contribution in [0.25, 0.3) is 10.2 Å². The zero-order valence-electron chi connectivity index (χ0n) is 13.6. The molecular formula is C16H21N3O2S2. The molecule has 2 aromatic heterocycles. The molecule has 7 heteroatoms. The number of hydrogen-bond acceptors (Lipinski definition) is 5. The first-order chi connectivity index (χ1) is 11.0. The van der Waals surface area contributed by atoms with Crippen molar-refractivity contribution < 1.29 is 4.79 Å². The topological polar surface area (TPSA) is 55.2 Å². The molecule has 2 rings (SSSR count). The van der Waals surface area contributed by atoms with Crippen LogP contribution in [-0.2, 0) is 11.3 Å². The Morgan fingerprint density at radius 3 is 2.83 bits per heavy atom. The molecule has 0 spiro atoms. The fourth-order valence-corrected chi connectivity index (χ4v) is 4.12. The molecule has 0 aromatic carbocycles. The predicted octanol–water partition coefficient (Wildman–Crippen LogP) is 2.99. The van der Waals surface area contributed by atoms with E-state index in [9.17, 15) is 9.59 Å². The van der Waals surface area contributed by atoms with Crippen molar-refractivity contribution in [3.63, 3.8) is 0 Å². The number of rotatable bonds is 7. The summed E-state index contributed by atoms with van der Waals surface area (Å²) in [7, 11) is 0. The standard InChI is InChI=1S/C16H21N3O2S2/c1-5-9-19-15(21)12-8-10-22-13(12)17-16(19)23-11(4)14(20)18(6-2)7-3/h5,8,10-11H,1,6-7,9H2,2-4H3. The molecule has 0 saturated carbocycles. The molecule has 124 valence electrons. The lowest BCUT2D eigenvalue weighted by atomic mass is 10.4. The van der Waals surface area contributed by atoms with Gasteiger partial charge in [0.1, 0.15) is 4.83 Å². The highest BCUT2D eigenvalue weighted by Crippen LogP contribution is 2.25. The highest BCUT2D eigenvalue weighted by atomic mass is 32.2. The SMILES string of the molecule is C=CCn1c(SC(C)C(=O)N(CC)CC)nc2sccc2c1=O. The smallest absolute Gasteiger partial charge is 0.263 e. The molecule has 0 saturated heterocycles. The second kappa shape index (κ2) is 7.79. The maximum atomic E-state index is 12.6. The quantitative estimate of drug-likeness (QED) is 0.437. The van der Waals surface area contributed by atoms with E-state index in [1.807, 2.05) is 26.2 Å². The number of carbonyl (C=O) groups excluding carboxylic acids is 1. The van der Waals surface area contributed by atoms with Gasteiger partial charge in [-0.3, -0.25) is 14.2 Å². The van der Waals surface area contributed by atoms with Crippen LogP contribution in [0.3, 0.4) is 0 Å². The Kier molecular flexibility index (Phi) is 6.01. The lowest BCUT2D eigenvalue weighted by Crippen LogP contribution is -2.36. The Bertz CT molecular complexity index is 762. The molecule has 0 N–H and O–H groups in total. The average Bonchev–Trinajstić information content (AvgIpc) is 3.00. The van der Waals surface area contributed by atoms with Crippen LogP contribution in [0.2, 0.25) is 0 Å². The van der Waals surface area contributed by atoms with E-state index in [0.29, 0.717) is 35.0 Å². The third-order valence-corrected chi connectivity index (χ3v) is 5.45. The number of thioether (sulfide) groups is 1. The molecule has 2 heterocycles. The summed E-state index contributed by atoms with van der Waals surface area (Å²) in [6.07, 6.45) is 1.67. The highest BCUT2D eigenvalue weighted by molar-refractivity contribution is 8.00. The summed E-state index contributed by atoms with van der Waals surface area (Å²) in [4.78, 5) is 32.1. The number of thiophene rings is 1. The summed E-state index contributed by atoms with van der Waals surface area (Å²) in [6, 6.07) is 1.79. The van der Waals surface area contributed by atoms with Crippen LogP contribution in [0.5, 0.6) is 0 Å². The first-order valence-corrected chi connectivity index (χ1v) is 9.33. The van der Waals surface area contributed by atoms with Crippen LogP contribution >= 0.6 is 23.1 Å². The Morgan fingerprint density at radius 1 is 1.52 bits per heavy atom. The number of aromatic nitrogens is 2. The molecule has 0 fully saturated rings. The Hall–Kier alpha value is -1.60. The minimum atomic E-state index is -0.296. The molecule has 1 unspecified atom stereocenters. The summed E-state index contributed by atoms with van der Waals surface area (Å²) in [5.41, 5.74) is -0.0823. The lowest BCUT2D eigenvalue weighted by molar-refractivity contribution is -0.129. The fraction of sp³-hybridized carbons (Fsp3) is 0.438. The van der Waals surface area contributed by atoms with Crippen LogP contribution in [-0.4, -0.2) is 38.7 Å². The molecule has 0 aliphatic carbocycles. The normalized spacial score (nSPS) is 12.3. The van der Waals surface area contributed by atoms with Crippen molar-refractivity contribution in [2.75, 3.05) is 13.1 Å². The Morgan fingerprint density at radius 2 is 2.22 bits per heavy atom. The van der Waals surface area contributed by atoms with Crippen LogP contribution < -0.4 is 5.56 Å². The number of allylic oxidation sites excluding steroid dienone is 1. The Balaban J connectivity index is 2.38. The van der Waals surface area contributed by atoms with Crippen molar-refractivity contribution in [1.82, 2.24) is 14.5 Å². The molecular weight excluding hydrogens is 330 g/mol. The minimum Gasteiger partial charge on any atom is -0.342 e. The number of nitrogens with zero attached hydrogens (tertiary/aromatic N) is 3. The summed E-state index contributed by atoms with van der Waals surface area (Å²) < 4.78 is 1.58. The van der Waals surface area contributed by atoms with E-state index in [2.05, 4.69) is 11.6 Å². The molecule has 23 heavy (non-hydrogen) atoms. The zero-order chi connectivity index (χ0) is 17.0. The fourth-order valence-electron chi connectivity index (χ4n) is 2.31. The monoisotopic (exact) mass is 351 g/mol. The van der Waals surface area contributed by atoms with E-state index in [1.54, 1.807) is 21.6 Å². The van der Waals surface area contributed by atoms with Crippen molar-refractivity contribution >= 4 is 39.2 Å². The average molecular weight is 351 g/mol. The van der Waals surface area contributed by atoms with E-state index in [-0.39, 0.29) is 16.7 Å². The molecule has 0 aliphatic heterocycles. The van der Waals surface area contributed by atoms with E-state index in [4.69, 9.17) is 0 Å². The lowest BCUT2D eigenvalue weighted by Gasteiger charge is -2.22. The van der Waals surface area contributed by atoms with Gasteiger partial charge < -0.3 is 4.90 Å². The van der Waals surface area contributed by atoms with Crippen LogP contribution in [0, 0.1) is 0 Å². The molecule has 0 bridgehead atoms. The number of fused-ring (bicyclic) bond motifs is 1. The molecule has 0 radical (unpaired) electrons.